The lowest BCUT2D eigenvalue weighted by molar-refractivity contribution is -0.116. The lowest BCUT2D eigenvalue weighted by Crippen LogP contribution is -2.29. The zero-order chi connectivity index (χ0) is 21.7. The second-order valence-electron chi connectivity index (χ2n) is 6.73. The number of hydrogen-bond acceptors (Lipinski definition) is 2. The van der Waals surface area contributed by atoms with E-state index >= 15 is 0 Å². The SMILES string of the molecule is C=Cc1c(/C(=C\C)C(=O)N[C@@H](CC)c2cccc(Cl)c2)cnn1-c1ccc(F)cc1. The van der Waals surface area contributed by atoms with Crippen molar-refractivity contribution in [2.75, 3.05) is 0 Å². The van der Waals surface area contributed by atoms with E-state index in [2.05, 4.69) is 17.0 Å². The molecule has 0 radical (unpaired) electrons. The second-order valence-corrected chi connectivity index (χ2v) is 7.16. The standard InChI is InChI=1S/C24H23ClFN3O/c1-4-20(24(30)28-22(5-2)16-8-7-9-17(25)14-16)21-15-27-29(23(21)6-3)19-12-10-18(26)11-13-19/h4,6-15,22H,3,5H2,1-2H3,(H,28,30)/b20-4+/t22-/m0/s1. The number of carbonyl (C=O) groups excluding carboxylic acids is 1. The van der Waals surface area contributed by atoms with Crippen molar-refractivity contribution in [2.45, 2.75) is 26.3 Å². The van der Waals surface area contributed by atoms with Gasteiger partial charge < -0.3 is 5.32 Å². The van der Waals surface area contributed by atoms with Crippen LogP contribution in [0.15, 0.2) is 67.4 Å². The molecule has 4 nitrogen and oxygen atoms in total. The van der Waals surface area contributed by atoms with Crippen LogP contribution < -0.4 is 5.32 Å². The van der Waals surface area contributed by atoms with E-state index in [1.165, 1.54) is 12.1 Å². The molecule has 0 aliphatic heterocycles. The molecule has 0 spiro atoms. The number of allylic oxidation sites excluding steroid dienone is 1. The summed E-state index contributed by atoms with van der Waals surface area (Å²) in [6.07, 6.45) is 5.72. The first-order valence-corrected chi connectivity index (χ1v) is 10.1. The molecule has 0 saturated carbocycles. The van der Waals surface area contributed by atoms with Crippen molar-refractivity contribution in [2.24, 2.45) is 0 Å². The lowest BCUT2D eigenvalue weighted by Gasteiger charge is -2.19. The van der Waals surface area contributed by atoms with E-state index in [9.17, 15) is 9.18 Å². The first-order chi connectivity index (χ1) is 14.5. The minimum absolute atomic E-state index is 0.175. The van der Waals surface area contributed by atoms with Crippen molar-refractivity contribution in [1.29, 1.82) is 0 Å². The Bertz CT molecular complexity index is 1090. The van der Waals surface area contributed by atoms with Crippen LogP contribution in [0.25, 0.3) is 17.3 Å². The molecule has 6 heteroatoms. The van der Waals surface area contributed by atoms with E-state index < -0.39 is 0 Å². The van der Waals surface area contributed by atoms with Crippen LogP contribution in [0.2, 0.25) is 5.02 Å². The zero-order valence-corrected chi connectivity index (χ0v) is 17.7. The molecule has 1 aromatic heterocycles. The molecule has 3 rings (SSSR count). The number of halogens is 2. The summed E-state index contributed by atoms with van der Waals surface area (Å²) in [6, 6.07) is 13.3. The van der Waals surface area contributed by atoms with Gasteiger partial charge in [-0.3, -0.25) is 4.79 Å². The number of nitrogens with zero attached hydrogens (tertiary/aromatic N) is 2. The van der Waals surface area contributed by atoms with Gasteiger partial charge in [0.15, 0.2) is 0 Å². The molecule has 0 aliphatic carbocycles. The fourth-order valence-corrected chi connectivity index (χ4v) is 3.54. The molecule has 30 heavy (non-hydrogen) atoms. The van der Waals surface area contributed by atoms with Crippen LogP contribution in [0.5, 0.6) is 0 Å². The predicted molar refractivity (Wildman–Crippen MR) is 120 cm³/mol. The first kappa shape index (κ1) is 21.5. The van der Waals surface area contributed by atoms with E-state index in [4.69, 9.17) is 11.6 Å². The molecule has 1 atom stereocenters. The molecule has 0 unspecified atom stereocenters. The molecule has 2 aromatic carbocycles. The summed E-state index contributed by atoms with van der Waals surface area (Å²) in [7, 11) is 0. The van der Waals surface area contributed by atoms with E-state index in [1.807, 2.05) is 25.1 Å². The summed E-state index contributed by atoms with van der Waals surface area (Å²) in [5.74, 6) is -0.544. The maximum absolute atomic E-state index is 13.3. The molecule has 1 heterocycles. The molecule has 0 bridgehead atoms. The highest BCUT2D eigenvalue weighted by Gasteiger charge is 2.21. The van der Waals surface area contributed by atoms with Gasteiger partial charge in [0.05, 0.1) is 23.6 Å². The summed E-state index contributed by atoms with van der Waals surface area (Å²) in [5.41, 5.74) is 3.41. The van der Waals surface area contributed by atoms with Crippen LogP contribution in [0.1, 0.15) is 43.1 Å². The van der Waals surface area contributed by atoms with E-state index in [0.717, 1.165) is 5.56 Å². The summed E-state index contributed by atoms with van der Waals surface area (Å²) >= 11 is 6.11. The summed E-state index contributed by atoms with van der Waals surface area (Å²) in [5, 5.41) is 8.10. The minimum Gasteiger partial charge on any atom is -0.345 e. The Balaban J connectivity index is 1.91. The first-order valence-electron chi connectivity index (χ1n) is 9.67. The maximum Gasteiger partial charge on any atom is 0.252 e. The van der Waals surface area contributed by atoms with Crippen LogP contribution in [0.4, 0.5) is 4.39 Å². The average Bonchev–Trinajstić information content (AvgIpc) is 3.16. The second kappa shape index (κ2) is 9.55. The largest absolute Gasteiger partial charge is 0.345 e. The number of carbonyl (C=O) groups is 1. The van der Waals surface area contributed by atoms with Gasteiger partial charge in [0, 0.05) is 16.2 Å². The van der Waals surface area contributed by atoms with Gasteiger partial charge in [0.1, 0.15) is 5.82 Å². The molecule has 0 saturated heterocycles. The van der Waals surface area contributed by atoms with Gasteiger partial charge in [-0.05, 0) is 61.4 Å². The highest BCUT2D eigenvalue weighted by atomic mass is 35.5. The predicted octanol–water partition coefficient (Wildman–Crippen LogP) is 5.98. The van der Waals surface area contributed by atoms with Crippen LogP contribution in [-0.2, 0) is 4.79 Å². The Morgan fingerprint density at radius 2 is 2.03 bits per heavy atom. The fourth-order valence-electron chi connectivity index (χ4n) is 3.34. The van der Waals surface area contributed by atoms with Crippen LogP contribution in [-0.4, -0.2) is 15.7 Å². The number of rotatable bonds is 7. The highest BCUT2D eigenvalue weighted by molar-refractivity contribution is 6.30. The van der Waals surface area contributed by atoms with E-state index in [0.29, 0.717) is 34.0 Å². The van der Waals surface area contributed by atoms with Gasteiger partial charge in [-0.2, -0.15) is 5.10 Å². The Labute approximate surface area is 180 Å². The summed E-state index contributed by atoms with van der Waals surface area (Å²) < 4.78 is 14.9. The quantitative estimate of drug-likeness (QED) is 0.475. The van der Waals surface area contributed by atoms with Crippen LogP contribution >= 0.6 is 11.6 Å². The van der Waals surface area contributed by atoms with Crippen molar-refractivity contribution in [1.82, 2.24) is 15.1 Å². The molecule has 0 fully saturated rings. The third-order valence-electron chi connectivity index (χ3n) is 4.86. The highest BCUT2D eigenvalue weighted by Crippen LogP contribution is 2.26. The monoisotopic (exact) mass is 423 g/mol. The summed E-state index contributed by atoms with van der Waals surface area (Å²) in [6.45, 7) is 7.68. The number of aromatic nitrogens is 2. The van der Waals surface area contributed by atoms with Crippen molar-refractivity contribution in [3.8, 4) is 5.69 Å². The molecule has 1 amide bonds. The zero-order valence-electron chi connectivity index (χ0n) is 16.9. The van der Waals surface area contributed by atoms with Gasteiger partial charge in [0.25, 0.3) is 5.91 Å². The van der Waals surface area contributed by atoms with Crippen LogP contribution in [0.3, 0.4) is 0 Å². The normalized spacial score (nSPS) is 12.5. The molecular formula is C24H23ClFN3O. The van der Waals surface area contributed by atoms with Crippen molar-refractivity contribution in [3.63, 3.8) is 0 Å². The Morgan fingerprint density at radius 1 is 1.30 bits per heavy atom. The van der Waals surface area contributed by atoms with Gasteiger partial charge in [-0.25, -0.2) is 9.07 Å². The van der Waals surface area contributed by atoms with E-state index in [-0.39, 0.29) is 17.8 Å². The van der Waals surface area contributed by atoms with Crippen LogP contribution in [0, 0.1) is 5.82 Å². The van der Waals surface area contributed by atoms with Gasteiger partial charge in [-0.15, -0.1) is 0 Å². The average molecular weight is 424 g/mol. The number of nitrogens with one attached hydrogen (secondary N) is 1. The van der Waals surface area contributed by atoms with Crippen molar-refractivity contribution >= 4 is 29.2 Å². The Morgan fingerprint density at radius 3 is 2.63 bits per heavy atom. The number of amides is 1. The topological polar surface area (TPSA) is 46.9 Å². The smallest absolute Gasteiger partial charge is 0.252 e. The Kier molecular flexibility index (Phi) is 6.85. The summed E-state index contributed by atoms with van der Waals surface area (Å²) in [4.78, 5) is 13.1. The maximum atomic E-state index is 13.3. The molecule has 154 valence electrons. The van der Waals surface area contributed by atoms with E-state index in [1.54, 1.807) is 48.2 Å². The molecule has 3 aromatic rings. The van der Waals surface area contributed by atoms with Gasteiger partial charge in [0.2, 0.25) is 0 Å². The van der Waals surface area contributed by atoms with Crippen molar-refractivity contribution < 1.29 is 9.18 Å². The fraction of sp³-hybridized carbons (Fsp3) is 0.167. The van der Waals surface area contributed by atoms with Gasteiger partial charge in [-0.1, -0.05) is 43.3 Å². The third-order valence-corrected chi connectivity index (χ3v) is 5.09. The molecular weight excluding hydrogens is 401 g/mol. The number of benzene rings is 2. The lowest BCUT2D eigenvalue weighted by atomic mass is 10.0. The molecule has 0 aliphatic rings. The Hall–Kier alpha value is -3.18. The minimum atomic E-state index is -0.327. The number of hydrogen-bond donors (Lipinski definition) is 1. The van der Waals surface area contributed by atoms with Gasteiger partial charge >= 0.3 is 0 Å². The van der Waals surface area contributed by atoms with Crippen molar-refractivity contribution in [3.05, 3.63) is 95.0 Å². The third kappa shape index (κ3) is 4.52. The molecule has 1 N–H and O–H groups in total.